The Labute approximate surface area is 190 Å². The molecule has 4 aliphatic carbocycles. The molecule has 4 bridgehead atoms. The lowest BCUT2D eigenvalue weighted by Gasteiger charge is -2.54. The van der Waals surface area contributed by atoms with E-state index in [1.54, 1.807) is 11.3 Å². The molecule has 3 nitrogen and oxygen atoms in total. The predicted octanol–water partition coefficient (Wildman–Crippen LogP) is 1.94. The summed E-state index contributed by atoms with van der Waals surface area (Å²) in [6.45, 7) is 3.58. The Morgan fingerprint density at radius 1 is 1.07 bits per heavy atom. The first-order chi connectivity index (χ1) is 14.2. The number of ether oxygens (including phenoxy) is 1. The molecule has 0 atom stereocenters. The molecule has 162 valence electrons. The molecular weight excluding hydrogens is 414 g/mol. The van der Waals surface area contributed by atoms with E-state index >= 15 is 0 Å². The van der Waals surface area contributed by atoms with Crippen LogP contribution in [-0.2, 0) is 22.5 Å². The van der Waals surface area contributed by atoms with Gasteiger partial charge in [-0.1, -0.05) is 41.7 Å². The summed E-state index contributed by atoms with van der Waals surface area (Å²) < 4.78 is 7.99. The number of rotatable bonds is 7. The summed E-state index contributed by atoms with van der Waals surface area (Å²) in [5, 5.41) is 0. The van der Waals surface area contributed by atoms with Gasteiger partial charge < -0.3 is 17.1 Å². The molecule has 4 saturated carbocycles. The van der Waals surface area contributed by atoms with E-state index in [4.69, 9.17) is 4.74 Å². The van der Waals surface area contributed by atoms with Crippen molar-refractivity contribution >= 4 is 17.3 Å². The summed E-state index contributed by atoms with van der Waals surface area (Å²) in [4.78, 5) is 13.9. The SMILES string of the molecule is Cc1c(CCOC(=O)CC2C3CC4CC(C3)CC2C4)sc[n+]1Cc1ccccc1.[Cl-]. The van der Waals surface area contributed by atoms with E-state index in [2.05, 4.69) is 47.3 Å². The molecule has 0 aliphatic heterocycles. The quantitative estimate of drug-likeness (QED) is 0.481. The average Bonchev–Trinajstić information content (AvgIpc) is 3.05. The van der Waals surface area contributed by atoms with Crippen LogP contribution in [-0.4, -0.2) is 12.6 Å². The summed E-state index contributed by atoms with van der Waals surface area (Å²) in [5.41, 5.74) is 4.79. The number of benzene rings is 1. The van der Waals surface area contributed by atoms with Gasteiger partial charge in [-0.05, 0) is 61.7 Å². The fourth-order valence-corrected chi connectivity index (χ4v) is 7.48. The highest BCUT2D eigenvalue weighted by atomic mass is 35.5. The van der Waals surface area contributed by atoms with E-state index in [1.165, 1.54) is 48.2 Å². The molecule has 1 heterocycles. The van der Waals surface area contributed by atoms with Gasteiger partial charge in [0.15, 0.2) is 12.2 Å². The fourth-order valence-electron chi connectivity index (χ4n) is 6.51. The van der Waals surface area contributed by atoms with Crippen LogP contribution < -0.4 is 17.0 Å². The van der Waals surface area contributed by atoms with Crippen LogP contribution in [0.2, 0.25) is 0 Å². The van der Waals surface area contributed by atoms with E-state index in [0.717, 1.165) is 36.6 Å². The van der Waals surface area contributed by atoms with Crippen molar-refractivity contribution in [2.75, 3.05) is 6.61 Å². The standard InChI is InChI=1S/C25H32NO2S.ClH/c1-17-24(29-16-26(17)15-18-5-3-2-4-6-18)7-8-28-25(27)14-23-21-10-19-9-20(12-21)13-22(23)11-19;/h2-6,16,19-23H,7-15H2,1H3;1H/q+1;/p-1. The maximum atomic E-state index is 12.5. The molecule has 30 heavy (non-hydrogen) atoms. The molecule has 0 unspecified atom stereocenters. The molecule has 5 heteroatoms. The van der Waals surface area contributed by atoms with Gasteiger partial charge in [-0.15, -0.1) is 0 Å². The van der Waals surface area contributed by atoms with Gasteiger partial charge in [0, 0.05) is 25.3 Å². The van der Waals surface area contributed by atoms with Gasteiger partial charge in [0.2, 0.25) is 5.51 Å². The van der Waals surface area contributed by atoms with E-state index in [9.17, 15) is 4.79 Å². The van der Waals surface area contributed by atoms with Crippen molar-refractivity contribution in [1.29, 1.82) is 0 Å². The molecule has 0 N–H and O–H groups in total. The van der Waals surface area contributed by atoms with E-state index in [0.29, 0.717) is 18.9 Å². The lowest BCUT2D eigenvalue weighted by atomic mass is 9.51. The summed E-state index contributed by atoms with van der Waals surface area (Å²) in [6.07, 6.45) is 8.45. The third kappa shape index (κ3) is 4.60. The average molecular weight is 446 g/mol. The van der Waals surface area contributed by atoms with Crippen LogP contribution in [0.1, 0.15) is 54.7 Å². The molecule has 0 radical (unpaired) electrons. The minimum absolute atomic E-state index is 0. The Balaban J connectivity index is 0.00000218. The molecular formula is C25H32ClNO2S. The lowest BCUT2D eigenvalue weighted by molar-refractivity contribution is -0.689. The number of carbonyl (C=O) groups excluding carboxylic acids is 1. The number of hydrogen-bond acceptors (Lipinski definition) is 3. The molecule has 0 amide bonds. The van der Waals surface area contributed by atoms with Gasteiger partial charge in [-0.2, -0.15) is 4.57 Å². The van der Waals surface area contributed by atoms with Gasteiger partial charge in [0.25, 0.3) is 0 Å². The van der Waals surface area contributed by atoms with Crippen molar-refractivity contribution < 1.29 is 26.5 Å². The van der Waals surface area contributed by atoms with Crippen LogP contribution in [0.4, 0.5) is 0 Å². The first-order valence-electron chi connectivity index (χ1n) is 11.3. The van der Waals surface area contributed by atoms with Crippen molar-refractivity contribution in [3.8, 4) is 0 Å². The molecule has 4 aliphatic rings. The predicted molar refractivity (Wildman–Crippen MR) is 115 cm³/mol. The third-order valence-electron chi connectivity index (χ3n) is 7.77. The van der Waals surface area contributed by atoms with Crippen LogP contribution in [0.15, 0.2) is 35.8 Å². The second-order valence-corrected chi connectivity index (χ2v) is 10.6. The van der Waals surface area contributed by atoms with Crippen LogP contribution in [0, 0.1) is 36.5 Å². The highest BCUT2D eigenvalue weighted by Crippen LogP contribution is 2.57. The van der Waals surface area contributed by atoms with E-state index < -0.39 is 0 Å². The van der Waals surface area contributed by atoms with E-state index in [1.807, 2.05) is 0 Å². The van der Waals surface area contributed by atoms with Crippen LogP contribution in [0.5, 0.6) is 0 Å². The summed E-state index contributed by atoms with van der Waals surface area (Å²) in [7, 11) is 0. The second-order valence-electron chi connectivity index (χ2n) is 9.61. The Bertz CT molecular complexity index is 837. The van der Waals surface area contributed by atoms with Crippen LogP contribution in [0.3, 0.4) is 0 Å². The zero-order valence-electron chi connectivity index (χ0n) is 17.8. The molecule has 2 aromatic rings. The Morgan fingerprint density at radius 3 is 2.40 bits per heavy atom. The molecule has 0 saturated heterocycles. The molecule has 4 fully saturated rings. The maximum Gasteiger partial charge on any atom is 0.306 e. The molecule has 0 spiro atoms. The van der Waals surface area contributed by atoms with Crippen LogP contribution in [0.25, 0.3) is 0 Å². The van der Waals surface area contributed by atoms with Crippen molar-refractivity contribution in [1.82, 2.24) is 0 Å². The zero-order chi connectivity index (χ0) is 19.8. The minimum atomic E-state index is 0. The van der Waals surface area contributed by atoms with E-state index in [-0.39, 0.29) is 18.4 Å². The highest BCUT2D eigenvalue weighted by molar-refractivity contribution is 7.09. The van der Waals surface area contributed by atoms with Crippen molar-refractivity contribution in [2.45, 2.75) is 58.4 Å². The summed E-state index contributed by atoms with van der Waals surface area (Å²) in [6, 6.07) is 10.5. The minimum Gasteiger partial charge on any atom is -1.00 e. The summed E-state index contributed by atoms with van der Waals surface area (Å²) in [5.74, 6) is 4.18. The van der Waals surface area contributed by atoms with Gasteiger partial charge >= 0.3 is 5.97 Å². The highest BCUT2D eigenvalue weighted by Gasteiger charge is 2.48. The Hall–Kier alpha value is -1.39. The third-order valence-corrected chi connectivity index (χ3v) is 8.91. The summed E-state index contributed by atoms with van der Waals surface area (Å²) >= 11 is 1.77. The smallest absolute Gasteiger partial charge is 0.306 e. The largest absolute Gasteiger partial charge is 1.00 e. The monoisotopic (exact) mass is 445 g/mol. The topological polar surface area (TPSA) is 30.2 Å². The van der Waals surface area contributed by atoms with Crippen molar-refractivity contribution in [3.05, 3.63) is 52.0 Å². The number of halogens is 1. The molecule has 1 aromatic heterocycles. The first kappa shape index (κ1) is 21.8. The Kier molecular flexibility index (Phi) is 6.84. The number of aromatic nitrogens is 1. The molecule has 1 aromatic carbocycles. The van der Waals surface area contributed by atoms with Crippen LogP contribution >= 0.6 is 11.3 Å². The zero-order valence-corrected chi connectivity index (χ0v) is 19.3. The fraction of sp³-hybridized carbons (Fsp3) is 0.600. The first-order valence-corrected chi connectivity index (χ1v) is 12.2. The number of esters is 1. The maximum absolute atomic E-state index is 12.5. The number of thiazole rings is 1. The normalized spacial score (nSPS) is 28.9. The second kappa shape index (κ2) is 9.40. The van der Waals surface area contributed by atoms with Gasteiger partial charge in [-0.3, -0.25) is 4.79 Å². The molecule has 6 rings (SSSR count). The number of carbonyl (C=O) groups is 1. The lowest BCUT2D eigenvalue weighted by Crippen LogP contribution is -3.00. The number of nitrogens with zero attached hydrogens (tertiary/aromatic N) is 1. The van der Waals surface area contributed by atoms with Crippen molar-refractivity contribution in [3.63, 3.8) is 0 Å². The van der Waals surface area contributed by atoms with Gasteiger partial charge in [-0.25, -0.2) is 0 Å². The van der Waals surface area contributed by atoms with Gasteiger partial charge in [0.1, 0.15) is 0 Å². The van der Waals surface area contributed by atoms with Crippen molar-refractivity contribution in [2.24, 2.45) is 29.6 Å². The Morgan fingerprint density at radius 2 is 1.73 bits per heavy atom. The number of hydrogen-bond donors (Lipinski definition) is 0. The van der Waals surface area contributed by atoms with Gasteiger partial charge in [0.05, 0.1) is 11.5 Å².